The Balaban J connectivity index is 1.80. The van der Waals surface area contributed by atoms with Crippen molar-refractivity contribution in [3.63, 3.8) is 0 Å². The zero-order chi connectivity index (χ0) is 15.1. The predicted octanol–water partition coefficient (Wildman–Crippen LogP) is 4.99. The Labute approximate surface area is 132 Å². The summed E-state index contributed by atoms with van der Waals surface area (Å²) < 4.78 is 0. The van der Waals surface area contributed by atoms with E-state index in [0.717, 1.165) is 18.1 Å². The predicted molar refractivity (Wildman–Crippen MR) is 92.4 cm³/mol. The van der Waals surface area contributed by atoms with Crippen LogP contribution in [0.15, 0.2) is 36.0 Å². The largest absolute Gasteiger partial charge is 0.367 e. The van der Waals surface area contributed by atoms with E-state index in [0.29, 0.717) is 5.92 Å². The molecule has 1 aromatic heterocycles. The summed E-state index contributed by atoms with van der Waals surface area (Å²) in [7, 11) is 0. The third kappa shape index (κ3) is 2.31. The summed E-state index contributed by atoms with van der Waals surface area (Å²) in [5.41, 5.74) is 5.14. The molecule has 114 valence electrons. The highest BCUT2D eigenvalue weighted by Gasteiger charge is 2.29. The monoisotopic (exact) mass is 292 g/mol. The van der Waals surface area contributed by atoms with Gasteiger partial charge >= 0.3 is 0 Å². The Bertz CT molecular complexity index is 724. The van der Waals surface area contributed by atoms with Crippen LogP contribution in [0.1, 0.15) is 50.8 Å². The first-order valence-corrected chi connectivity index (χ1v) is 8.59. The van der Waals surface area contributed by atoms with Gasteiger partial charge in [-0.15, -0.1) is 0 Å². The van der Waals surface area contributed by atoms with Crippen molar-refractivity contribution in [3.8, 4) is 0 Å². The third-order valence-corrected chi connectivity index (χ3v) is 5.15. The number of para-hydroxylation sites is 1. The molecule has 1 fully saturated rings. The van der Waals surface area contributed by atoms with Crippen LogP contribution >= 0.6 is 0 Å². The lowest BCUT2D eigenvalue weighted by molar-refractivity contribution is 0.224. The van der Waals surface area contributed by atoms with Gasteiger partial charge in [-0.3, -0.25) is 0 Å². The molecule has 2 nitrogen and oxygen atoms in total. The van der Waals surface area contributed by atoms with E-state index in [1.807, 2.05) is 0 Å². The summed E-state index contributed by atoms with van der Waals surface area (Å²) in [5, 5.41) is 1.26. The first kappa shape index (κ1) is 13.8. The van der Waals surface area contributed by atoms with Gasteiger partial charge in [0.1, 0.15) is 0 Å². The quantitative estimate of drug-likeness (QED) is 0.775. The molecule has 0 bridgehead atoms. The fourth-order valence-corrected chi connectivity index (χ4v) is 3.98. The molecule has 0 atom stereocenters. The molecule has 22 heavy (non-hydrogen) atoms. The molecule has 2 aliphatic rings. The standard InChI is InChI=1S/C20H24N2/c1-14(2)20-12-19-16(13-22(20)17-8-4-5-9-17)11-15-7-3-6-10-18(15)21-19/h3,6-7,10-12,14,17H,4-5,8-9,13H2,1-2H3. The van der Waals surface area contributed by atoms with Crippen molar-refractivity contribution in [2.24, 2.45) is 5.92 Å². The number of nitrogens with zero attached hydrogens (tertiary/aromatic N) is 2. The molecule has 0 unspecified atom stereocenters. The second-order valence-electron chi connectivity index (χ2n) is 7.02. The first-order valence-electron chi connectivity index (χ1n) is 8.59. The van der Waals surface area contributed by atoms with Gasteiger partial charge < -0.3 is 4.90 Å². The van der Waals surface area contributed by atoms with Crippen LogP contribution in [0.2, 0.25) is 0 Å². The summed E-state index contributed by atoms with van der Waals surface area (Å²) in [6, 6.07) is 11.5. The van der Waals surface area contributed by atoms with Gasteiger partial charge in [0, 0.05) is 23.7 Å². The topological polar surface area (TPSA) is 16.1 Å². The van der Waals surface area contributed by atoms with Gasteiger partial charge in [-0.25, -0.2) is 4.98 Å². The fraction of sp³-hybridized carbons (Fsp3) is 0.450. The molecule has 0 N–H and O–H groups in total. The molecule has 1 saturated carbocycles. The maximum absolute atomic E-state index is 4.91. The lowest BCUT2D eigenvalue weighted by Gasteiger charge is -2.38. The molecular formula is C20H24N2. The van der Waals surface area contributed by atoms with E-state index < -0.39 is 0 Å². The van der Waals surface area contributed by atoms with Crippen LogP contribution in [0.4, 0.5) is 0 Å². The summed E-state index contributed by atoms with van der Waals surface area (Å²) >= 11 is 0. The normalized spacial score (nSPS) is 18.9. The highest BCUT2D eigenvalue weighted by Crippen LogP contribution is 2.35. The van der Waals surface area contributed by atoms with Crippen molar-refractivity contribution in [1.29, 1.82) is 0 Å². The number of allylic oxidation sites excluding steroid dienone is 1. The lowest BCUT2D eigenvalue weighted by atomic mass is 9.96. The Morgan fingerprint density at radius 1 is 1.14 bits per heavy atom. The Morgan fingerprint density at radius 2 is 1.91 bits per heavy atom. The maximum atomic E-state index is 4.91. The van der Waals surface area contributed by atoms with E-state index in [4.69, 9.17) is 4.98 Å². The van der Waals surface area contributed by atoms with Crippen LogP contribution in [0.5, 0.6) is 0 Å². The summed E-state index contributed by atoms with van der Waals surface area (Å²) in [6.07, 6.45) is 7.81. The number of pyridine rings is 1. The number of fused-ring (bicyclic) bond motifs is 2. The molecule has 0 spiro atoms. The van der Waals surface area contributed by atoms with Crippen LogP contribution in [0.25, 0.3) is 17.0 Å². The van der Waals surface area contributed by atoms with E-state index in [2.05, 4.69) is 55.2 Å². The van der Waals surface area contributed by atoms with Crippen LogP contribution in [0, 0.1) is 5.92 Å². The van der Waals surface area contributed by atoms with Crippen LogP contribution < -0.4 is 0 Å². The SMILES string of the molecule is CC(C)C1=Cc2nc3ccccc3cc2CN1C1CCCC1. The molecule has 0 saturated heterocycles. The zero-order valence-corrected chi connectivity index (χ0v) is 13.5. The molecule has 4 rings (SSSR count). The molecule has 2 heteroatoms. The van der Waals surface area contributed by atoms with Gasteiger partial charge in [0.2, 0.25) is 0 Å². The van der Waals surface area contributed by atoms with Crippen molar-refractivity contribution >= 4 is 17.0 Å². The fourth-order valence-electron chi connectivity index (χ4n) is 3.98. The van der Waals surface area contributed by atoms with Gasteiger partial charge in [0.05, 0.1) is 11.2 Å². The van der Waals surface area contributed by atoms with Gasteiger partial charge in [-0.2, -0.15) is 0 Å². The Kier molecular flexibility index (Phi) is 3.40. The van der Waals surface area contributed by atoms with E-state index in [9.17, 15) is 0 Å². The summed E-state index contributed by atoms with van der Waals surface area (Å²) in [6.45, 7) is 5.64. The minimum Gasteiger partial charge on any atom is -0.367 e. The second kappa shape index (κ2) is 5.42. The number of rotatable bonds is 2. The third-order valence-electron chi connectivity index (χ3n) is 5.15. The second-order valence-corrected chi connectivity index (χ2v) is 7.02. The average molecular weight is 292 g/mol. The van der Waals surface area contributed by atoms with Gasteiger partial charge in [-0.1, -0.05) is 44.9 Å². The van der Waals surface area contributed by atoms with Crippen LogP contribution in [-0.2, 0) is 6.54 Å². The molecule has 2 heterocycles. The number of benzene rings is 1. The highest BCUT2D eigenvalue weighted by atomic mass is 15.2. The van der Waals surface area contributed by atoms with Crippen molar-refractivity contribution in [2.75, 3.05) is 0 Å². The van der Waals surface area contributed by atoms with Gasteiger partial charge in [0.15, 0.2) is 0 Å². The molecule has 1 aliphatic heterocycles. The summed E-state index contributed by atoms with van der Waals surface area (Å²) in [4.78, 5) is 7.57. The van der Waals surface area contributed by atoms with Crippen molar-refractivity contribution in [3.05, 3.63) is 47.3 Å². The molecule has 1 aliphatic carbocycles. The van der Waals surface area contributed by atoms with E-state index in [1.54, 1.807) is 0 Å². The van der Waals surface area contributed by atoms with Gasteiger partial charge in [0.25, 0.3) is 0 Å². The maximum Gasteiger partial charge on any atom is 0.0709 e. The molecule has 0 radical (unpaired) electrons. The smallest absolute Gasteiger partial charge is 0.0709 e. The van der Waals surface area contributed by atoms with Crippen LogP contribution in [-0.4, -0.2) is 15.9 Å². The highest BCUT2D eigenvalue weighted by molar-refractivity contribution is 5.81. The van der Waals surface area contributed by atoms with Crippen molar-refractivity contribution in [2.45, 2.75) is 52.1 Å². The van der Waals surface area contributed by atoms with E-state index in [1.165, 1.54) is 48.0 Å². The summed E-state index contributed by atoms with van der Waals surface area (Å²) in [5.74, 6) is 0.557. The number of hydrogen-bond acceptors (Lipinski definition) is 2. The zero-order valence-electron chi connectivity index (χ0n) is 13.5. The average Bonchev–Trinajstić information content (AvgIpc) is 3.05. The van der Waals surface area contributed by atoms with Crippen molar-refractivity contribution < 1.29 is 0 Å². The minimum absolute atomic E-state index is 0.557. The molecule has 1 aromatic carbocycles. The van der Waals surface area contributed by atoms with Crippen LogP contribution in [0.3, 0.4) is 0 Å². The first-order chi connectivity index (χ1) is 10.7. The van der Waals surface area contributed by atoms with E-state index in [-0.39, 0.29) is 0 Å². The Morgan fingerprint density at radius 3 is 2.68 bits per heavy atom. The van der Waals surface area contributed by atoms with E-state index >= 15 is 0 Å². The van der Waals surface area contributed by atoms with Gasteiger partial charge in [-0.05, 0) is 42.5 Å². The molecule has 0 amide bonds. The van der Waals surface area contributed by atoms with Crippen molar-refractivity contribution in [1.82, 2.24) is 9.88 Å². The minimum atomic E-state index is 0.557. The Hall–Kier alpha value is -1.83. The molecule has 2 aromatic rings. The number of hydrogen-bond donors (Lipinski definition) is 0. The number of aromatic nitrogens is 1. The molecular weight excluding hydrogens is 268 g/mol. The lowest BCUT2D eigenvalue weighted by Crippen LogP contribution is -2.36.